The Balaban J connectivity index is 2.17. The van der Waals surface area contributed by atoms with E-state index in [0.717, 1.165) is 36.5 Å². The smallest absolute Gasteiger partial charge is 0.181 e. The predicted octanol–water partition coefficient (Wildman–Crippen LogP) is 1.48. The molecule has 1 aromatic rings. The van der Waals surface area contributed by atoms with Crippen molar-refractivity contribution in [2.24, 2.45) is 0 Å². The fourth-order valence-electron chi connectivity index (χ4n) is 2.41. The number of aryl methyl sites for hydroxylation is 1. The summed E-state index contributed by atoms with van der Waals surface area (Å²) in [4.78, 5) is 14.6. The average molecular weight is 262 g/mol. The molecule has 1 atom stereocenters. The number of likely N-dealkylation sites (N-methyl/N-ethyl adjacent to an activating group) is 1. The van der Waals surface area contributed by atoms with Crippen molar-refractivity contribution >= 4 is 5.78 Å². The summed E-state index contributed by atoms with van der Waals surface area (Å²) in [6, 6.07) is 5.62. The van der Waals surface area contributed by atoms with Crippen LogP contribution < -0.4 is 10.1 Å². The SMILES string of the molecule is CCOc1ccc(C(=O)C2CNCCN2C)cc1C. The summed E-state index contributed by atoms with van der Waals surface area (Å²) in [5.74, 6) is 1.04. The van der Waals surface area contributed by atoms with Gasteiger partial charge in [-0.3, -0.25) is 9.69 Å². The van der Waals surface area contributed by atoms with Crippen molar-refractivity contribution in [3.63, 3.8) is 0 Å². The summed E-state index contributed by atoms with van der Waals surface area (Å²) in [7, 11) is 2.00. The van der Waals surface area contributed by atoms with Crippen LogP contribution in [0.3, 0.4) is 0 Å². The molecule has 1 heterocycles. The molecule has 1 aliphatic heterocycles. The van der Waals surface area contributed by atoms with Gasteiger partial charge in [-0.05, 0) is 44.7 Å². The Morgan fingerprint density at radius 1 is 1.53 bits per heavy atom. The maximum Gasteiger partial charge on any atom is 0.181 e. The van der Waals surface area contributed by atoms with Gasteiger partial charge in [0.05, 0.1) is 12.6 Å². The number of carbonyl (C=O) groups is 1. The van der Waals surface area contributed by atoms with Gasteiger partial charge < -0.3 is 10.1 Å². The van der Waals surface area contributed by atoms with Crippen LogP contribution in [-0.4, -0.2) is 50.0 Å². The van der Waals surface area contributed by atoms with Crippen LogP contribution in [-0.2, 0) is 0 Å². The van der Waals surface area contributed by atoms with E-state index >= 15 is 0 Å². The number of benzene rings is 1. The maximum absolute atomic E-state index is 12.5. The van der Waals surface area contributed by atoms with Crippen LogP contribution in [0.25, 0.3) is 0 Å². The van der Waals surface area contributed by atoms with Crippen LogP contribution in [0.1, 0.15) is 22.8 Å². The van der Waals surface area contributed by atoms with Crippen molar-refractivity contribution in [2.45, 2.75) is 19.9 Å². The van der Waals surface area contributed by atoms with Crippen LogP contribution in [0.4, 0.5) is 0 Å². The lowest BCUT2D eigenvalue weighted by atomic mass is 10.00. The zero-order valence-electron chi connectivity index (χ0n) is 11.9. The minimum absolute atomic E-state index is 0.0638. The van der Waals surface area contributed by atoms with E-state index in [0.29, 0.717) is 6.61 Å². The van der Waals surface area contributed by atoms with Crippen LogP contribution in [0.2, 0.25) is 0 Å². The summed E-state index contributed by atoms with van der Waals surface area (Å²) >= 11 is 0. The quantitative estimate of drug-likeness (QED) is 0.835. The zero-order valence-corrected chi connectivity index (χ0v) is 11.9. The van der Waals surface area contributed by atoms with Gasteiger partial charge in [0.15, 0.2) is 5.78 Å². The molecule has 0 radical (unpaired) electrons. The first kappa shape index (κ1) is 14.0. The van der Waals surface area contributed by atoms with E-state index in [1.807, 2.05) is 39.1 Å². The minimum atomic E-state index is -0.0638. The van der Waals surface area contributed by atoms with Crippen LogP contribution in [0.5, 0.6) is 5.75 Å². The molecule has 1 unspecified atom stereocenters. The normalized spacial score (nSPS) is 20.3. The Labute approximate surface area is 114 Å². The highest BCUT2D eigenvalue weighted by Crippen LogP contribution is 2.20. The summed E-state index contributed by atoms with van der Waals surface area (Å²) in [6.07, 6.45) is 0. The highest BCUT2D eigenvalue weighted by molar-refractivity contribution is 6.00. The zero-order chi connectivity index (χ0) is 13.8. The van der Waals surface area contributed by atoms with Crippen molar-refractivity contribution in [1.82, 2.24) is 10.2 Å². The molecule has 4 heteroatoms. The second kappa shape index (κ2) is 6.17. The molecule has 1 N–H and O–H groups in total. The average Bonchev–Trinajstić information content (AvgIpc) is 2.41. The number of rotatable bonds is 4. The van der Waals surface area contributed by atoms with Crippen LogP contribution >= 0.6 is 0 Å². The fourth-order valence-corrected chi connectivity index (χ4v) is 2.41. The monoisotopic (exact) mass is 262 g/mol. The van der Waals surface area contributed by atoms with Gasteiger partial charge in [-0.2, -0.15) is 0 Å². The van der Waals surface area contributed by atoms with Gasteiger partial charge in [0, 0.05) is 25.2 Å². The summed E-state index contributed by atoms with van der Waals surface area (Å²) in [5.41, 5.74) is 1.78. The number of nitrogens with zero attached hydrogens (tertiary/aromatic N) is 1. The number of carbonyl (C=O) groups excluding carboxylic acids is 1. The second-order valence-electron chi connectivity index (χ2n) is 4.98. The summed E-state index contributed by atoms with van der Waals surface area (Å²) in [5, 5.41) is 3.28. The number of ketones is 1. The molecule has 0 saturated carbocycles. The highest BCUT2D eigenvalue weighted by Gasteiger charge is 2.26. The first-order chi connectivity index (χ1) is 9.13. The van der Waals surface area contributed by atoms with E-state index < -0.39 is 0 Å². The largest absolute Gasteiger partial charge is 0.494 e. The van der Waals surface area contributed by atoms with E-state index in [1.54, 1.807) is 0 Å². The van der Waals surface area contributed by atoms with Gasteiger partial charge in [-0.15, -0.1) is 0 Å². The minimum Gasteiger partial charge on any atom is -0.494 e. The number of Topliss-reactive ketones (excluding diaryl/α,β-unsaturated/α-hetero) is 1. The second-order valence-corrected chi connectivity index (χ2v) is 4.98. The molecule has 0 amide bonds. The molecule has 2 rings (SSSR count). The lowest BCUT2D eigenvalue weighted by molar-refractivity contribution is 0.0819. The Bertz CT molecular complexity index is 459. The first-order valence-electron chi connectivity index (χ1n) is 6.82. The molecule has 0 aliphatic carbocycles. The molecule has 0 spiro atoms. The summed E-state index contributed by atoms with van der Waals surface area (Å²) in [6.45, 7) is 7.16. The molecular weight excluding hydrogens is 240 g/mol. The van der Waals surface area contributed by atoms with Crippen molar-refractivity contribution in [2.75, 3.05) is 33.3 Å². The molecular formula is C15H22N2O2. The third-order valence-electron chi connectivity index (χ3n) is 3.57. The topological polar surface area (TPSA) is 41.6 Å². The van der Waals surface area contributed by atoms with Crippen LogP contribution in [0, 0.1) is 6.92 Å². The molecule has 1 aromatic carbocycles. The van der Waals surface area contributed by atoms with E-state index in [2.05, 4.69) is 10.2 Å². The Hall–Kier alpha value is -1.39. The number of hydrogen-bond acceptors (Lipinski definition) is 4. The molecule has 19 heavy (non-hydrogen) atoms. The predicted molar refractivity (Wildman–Crippen MR) is 76.0 cm³/mol. The molecule has 104 valence electrons. The van der Waals surface area contributed by atoms with Gasteiger partial charge in [-0.25, -0.2) is 0 Å². The van der Waals surface area contributed by atoms with Crippen molar-refractivity contribution in [3.05, 3.63) is 29.3 Å². The van der Waals surface area contributed by atoms with Gasteiger partial charge in [0.1, 0.15) is 5.75 Å². The van der Waals surface area contributed by atoms with Gasteiger partial charge in [0.2, 0.25) is 0 Å². The Kier molecular flexibility index (Phi) is 4.56. The van der Waals surface area contributed by atoms with E-state index in [1.165, 1.54) is 0 Å². The Morgan fingerprint density at radius 2 is 2.32 bits per heavy atom. The molecule has 1 aliphatic rings. The van der Waals surface area contributed by atoms with E-state index in [-0.39, 0.29) is 11.8 Å². The fraction of sp³-hybridized carbons (Fsp3) is 0.533. The summed E-state index contributed by atoms with van der Waals surface area (Å²) < 4.78 is 5.50. The molecule has 0 aromatic heterocycles. The Morgan fingerprint density at radius 3 is 2.95 bits per heavy atom. The lowest BCUT2D eigenvalue weighted by Crippen LogP contribution is -2.53. The van der Waals surface area contributed by atoms with Gasteiger partial charge >= 0.3 is 0 Å². The van der Waals surface area contributed by atoms with Crippen molar-refractivity contribution in [1.29, 1.82) is 0 Å². The highest BCUT2D eigenvalue weighted by atomic mass is 16.5. The van der Waals surface area contributed by atoms with Crippen molar-refractivity contribution in [3.8, 4) is 5.75 Å². The third kappa shape index (κ3) is 3.14. The van der Waals surface area contributed by atoms with E-state index in [9.17, 15) is 4.79 Å². The van der Waals surface area contributed by atoms with Crippen molar-refractivity contribution < 1.29 is 9.53 Å². The molecule has 1 saturated heterocycles. The van der Waals surface area contributed by atoms with E-state index in [4.69, 9.17) is 4.74 Å². The number of nitrogens with one attached hydrogen (secondary N) is 1. The number of hydrogen-bond donors (Lipinski definition) is 1. The number of piperazine rings is 1. The molecule has 0 bridgehead atoms. The lowest BCUT2D eigenvalue weighted by Gasteiger charge is -2.32. The molecule has 1 fully saturated rings. The number of ether oxygens (including phenoxy) is 1. The maximum atomic E-state index is 12.5. The third-order valence-corrected chi connectivity index (χ3v) is 3.57. The standard InChI is InChI=1S/C15H22N2O2/c1-4-19-14-6-5-12(9-11(14)2)15(18)13-10-16-7-8-17(13)3/h5-6,9,13,16H,4,7-8,10H2,1-3H3. The molecule has 4 nitrogen and oxygen atoms in total. The first-order valence-corrected chi connectivity index (χ1v) is 6.82. The van der Waals surface area contributed by atoms with Gasteiger partial charge in [-0.1, -0.05) is 0 Å². The van der Waals surface area contributed by atoms with Gasteiger partial charge in [0.25, 0.3) is 0 Å². The van der Waals surface area contributed by atoms with Crippen LogP contribution in [0.15, 0.2) is 18.2 Å².